The number of nitrogens with zero attached hydrogens (tertiary/aromatic N) is 1. The van der Waals surface area contributed by atoms with Crippen molar-refractivity contribution in [2.75, 3.05) is 4.90 Å². The van der Waals surface area contributed by atoms with Crippen molar-refractivity contribution >= 4 is 38.6 Å². The zero-order valence-corrected chi connectivity index (χ0v) is 46.3. The molecule has 0 radical (unpaired) electrons. The topological polar surface area (TPSA) is 12.5 Å². The lowest BCUT2D eigenvalue weighted by molar-refractivity contribution is 0.447. The summed E-state index contributed by atoms with van der Waals surface area (Å²) < 4.78 is 7.45. The highest BCUT2D eigenvalue weighted by molar-refractivity contribution is 6.04. The normalized spacial score (nSPS) is 14.7. The zero-order valence-electron chi connectivity index (χ0n) is 46.3. The van der Waals surface area contributed by atoms with Crippen LogP contribution in [0.2, 0.25) is 0 Å². The quantitative estimate of drug-likeness (QED) is 0.170. The van der Waals surface area contributed by atoms with Crippen LogP contribution in [0.4, 0.5) is 17.1 Å². The van der Waals surface area contributed by atoms with Crippen molar-refractivity contribution in [1.29, 1.82) is 0 Å². The highest BCUT2D eigenvalue weighted by Gasteiger charge is 2.55. The van der Waals surface area contributed by atoms with Crippen LogP contribution in [-0.4, -0.2) is 0 Å². The lowest BCUT2D eigenvalue weighted by Crippen LogP contribution is -2.32. The fourth-order valence-electron chi connectivity index (χ4n) is 16.8. The van der Waals surface area contributed by atoms with E-state index in [0.717, 1.165) is 61.2 Å². The molecule has 2 heteroatoms. The van der Waals surface area contributed by atoms with E-state index in [2.05, 4.69) is 314 Å². The summed E-state index contributed by atoms with van der Waals surface area (Å²) in [5.41, 5.74) is 26.4. The summed E-state index contributed by atoms with van der Waals surface area (Å²) in [6, 6.07) is 117. The smallest absolute Gasteiger partial charge is 0.140 e. The number of hydrogen-bond donors (Lipinski definition) is 0. The molecule has 0 saturated heterocycles. The molecular formula is C83H51NO. The van der Waals surface area contributed by atoms with E-state index in [4.69, 9.17) is 4.74 Å². The van der Waals surface area contributed by atoms with Gasteiger partial charge in [-0.3, -0.25) is 0 Å². The number of anilines is 3. The van der Waals surface area contributed by atoms with E-state index in [9.17, 15) is 0 Å². The van der Waals surface area contributed by atoms with Crippen LogP contribution in [0.3, 0.4) is 0 Å². The summed E-state index contributed by atoms with van der Waals surface area (Å²) in [4.78, 5) is 2.62. The molecule has 0 atom stereocenters. The fraction of sp³-hybridized carbons (Fsp3) is 0.0361. The molecule has 1 aliphatic heterocycles. The molecule has 2 nitrogen and oxygen atoms in total. The van der Waals surface area contributed by atoms with Gasteiger partial charge in [-0.25, -0.2) is 0 Å². The fourth-order valence-corrected chi connectivity index (χ4v) is 16.8. The van der Waals surface area contributed by atoms with Gasteiger partial charge in [0.25, 0.3) is 0 Å². The Balaban J connectivity index is 0.939. The first-order valence-corrected chi connectivity index (χ1v) is 29.7. The maximum atomic E-state index is 7.45. The molecule has 14 aromatic carbocycles. The van der Waals surface area contributed by atoms with Crippen molar-refractivity contribution in [3.05, 3.63) is 376 Å². The van der Waals surface area contributed by atoms with E-state index in [1.807, 2.05) is 0 Å². The predicted octanol–water partition coefficient (Wildman–Crippen LogP) is 20.6. The Labute approximate surface area is 493 Å². The minimum atomic E-state index is -0.749. The van der Waals surface area contributed by atoms with E-state index in [-0.39, 0.29) is 0 Å². The zero-order chi connectivity index (χ0) is 55.6. The van der Waals surface area contributed by atoms with Crippen molar-refractivity contribution in [2.24, 2.45) is 0 Å². The molecular weight excluding hydrogens is 1030 g/mol. The Morgan fingerprint density at radius 1 is 0.235 bits per heavy atom. The molecule has 1 heterocycles. The van der Waals surface area contributed by atoms with E-state index in [0.29, 0.717) is 0 Å². The Bertz CT molecular complexity index is 4900. The molecule has 0 aromatic heterocycles. The molecule has 0 bridgehead atoms. The standard InChI is InChI=1S/C83H51NO/c1-3-24-54(25-4-1)81(55-26-5-2-6-27-55)67-35-16-11-32-62(67)64-46-44-56(50-75(64)81)84(57-45-47-65-63-33-14-19-38-70(63)82(76(65)51-57)68-36-17-12-30-60(68)61-31-13-18-37-69(61)82)77-41-21-40-72-78(77)66-34-15-20-39-71(66)83(72)73-48-42-52-22-7-9-28-58(52)79(73)85-80-59-29-10-8-23-53(59)43-49-74(80)83/h1-51H. The van der Waals surface area contributed by atoms with Crippen LogP contribution >= 0.6 is 0 Å². The number of fused-ring (bicyclic) bond motifs is 26. The van der Waals surface area contributed by atoms with Gasteiger partial charge in [0.15, 0.2) is 0 Å². The van der Waals surface area contributed by atoms with Gasteiger partial charge in [-0.15, -0.1) is 0 Å². The van der Waals surface area contributed by atoms with Crippen LogP contribution in [-0.2, 0) is 16.2 Å². The van der Waals surface area contributed by atoms with E-state index in [1.54, 1.807) is 0 Å². The molecule has 0 N–H and O–H groups in total. The van der Waals surface area contributed by atoms with Gasteiger partial charge >= 0.3 is 0 Å². The van der Waals surface area contributed by atoms with Crippen molar-refractivity contribution in [2.45, 2.75) is 16.2 Å². The third-order valence-electron chi connectivity index (χ3n) is 20.0. The van der Waals surface area contributed by atoms with Crippen molar-refractivity contribution in [3.8, 4) is 56.0 Å². The maximum Gasteiger partial charge on any atom is 0.140 e. The third-order valence-corrected chi connectivity index (χ3v) is 20.0. The molecule has 85 heavy (non-hydrogen) atoms. The third kappa shape index (κ3) is 5.83. The van der Waals surface area contributed by atoms with Crippen LogP contribution in [0.25, 0.3) is 66.1 Å². The molecule has 0 fully saturated rings. The van der Waals surface area contributed by atoms with Crippen LogP contribution in [0, 0.1) is 0 Å². The molecule has 4 aliphatic carbocycles. The van der Waals surface area contributed by atoms with Gasteiger partial charge in [0.05, 0.1) is 21.9 Å². The molecule has 2 spiro atoms. The average molecular weight is 1080 g/mol. The summed E-state index contributed by atoms with van der Waals surface area (Å²) in [5.74, 6) is 1.81. The van der Waals surface area contributed by atoms with Gasteiger partial charge in [0, 0.05) is 38.8 Å². The average Bonchev–Trinajstić information content (AvgIpc) is 1.74. The Kier molecular flexibility index (Phi) is 9.43. The Hall–Kier alpha value is -10.8. The summed E-state index contributed by atoms with van der Waals surface area (Å²) in [7, 11) is 0. The van der Waals surface area contributed by atoms with E-state index in [1.165, 1.54) is 100 Å². The minimum absolute atomic E-state index is 0.549. The second-order valence-corrected chi connectivity index (χ2v) is 23.6. The van der Waals surface area contributed by atoms with Crippen molar-refractivity contribution in [3.63, 3.8) is 0 Å². The molecule has 394 valence electrons. The summed E-state index contributed by atoms with van der Waals surface area (Å²) >= 11 is 0. The molecule has 0 amide bonds. The number of rotatable bonds is 5. The lowest BCUT2D eigenvalue weighted by Gasteiger charge is -2.40. The molecule has 5 aliphatic rings. The van der Waals surface area contributed by atoms with Crippen LogP contribution < -0.4 is 9.64 Å². The second kappa shape index (κ2) is 17.1. The first-order valence-electron chi connectivity index (χ1n) is 29.7. The Morgan fingerprint density at radius 2 is 0.600 bits per heavy atom. The molecule has 19 rings (SSSR count). The minimum Gasteiger partial charge on any atom is -0.455 e. The van der Waals surface area contributed by atoms with Gasteiger partial charge in [-0.2, -0.15) is 0 Å². The maximum absolute atomic E-state index is 7.45. The van der Waals surface area contributed by atoms with Crippen LogP contribution in [0.15, 0.2) is 309 Å². The predicted molar refractivity (Wildman–Crippen MR) is 347 cm³/mol. The number of hydrogen-bond acceptors (Lipinski definition) is 2. The summed E-state index contributed by atoms with van der Waals surface area (Å²) in [6.45, 7) is 0. The van der Waals surface area contributed by atoms with Gasteiger partial charge < -0.3 is 9.64 Å². The first kappa shape index (κ1) is 46.8. The second-order valence-electron chi connectivity index (χ2n) is 23.6. The highest BCUT2D eigenvalue weighted by atomic mass is 16.5. The van der Waals surface area contributed by atoms with Crippen LogP contribution in [0.1, 0.15) is 66.8 Å². The monoisotopic (exact) mass is 1080 g/mol. The van der Waals surface area contributed by atoms with Crippen LogP contribution in [0.5, 0.6) is 11.5 Å². The first-order chi connectivity index (χ1) is 42.2. The van der Waals surface area contributed by atoms with E-state index >= 15 is 0 Å². The number of ether oxygens (including phenoxy) is 1. The number of benzene rings is 14. The van der Waals surface area contributed by atoms with Gasteiger partial charge in [0.2, 0.25) is 0 Å². The van der Waals surface area contributed by atoms with Crippen molar-refractivity contribution in [1.82, 2.24) is 0 Å². The van der Waals surface area contributed by atoms with Gasteiger partial charge in [0.1, 0.15) is 11.5 Å². The van der Waals surface area contributed by atoms with Gasteiger partial charge in [-0.1, -0.05) is 279 Å². The summed E-state index contributed by atoms with van der Waals surface area (Å²) in [5, 5.41) is 4.50. The SMILES string of the molecule is c1ccc(C2(c3ccccc3)c3ccccc3-c3ccc(N(c4ccc5c(c4)C4(c6ccccc6-c6ccccc64)c4ccccc4-5)c4cccc5c4-c4ccccc4C54c5ccc6ccccc6c5Oc5c4ccc4ccccc54)cc32)cc1. The van der Waals surface area contributed by atoms with E-state index < -0.39 is 16.2 Å². The highest BCUT2D eigenvalue weighted by Crippen LogP contribution is 2.68. The van der Waals surface area contributed by atoms with Gasteiger partial charge in [-0.05, 0) is 136 Å². The largest absolute Gasteiger partial charge is 0.455 e. The molecule has 0 unspecified atom stereocenters. The summed E-state index contributed by atoms with van der Waals surface area (Å²) in [6.07, 6.45) is 0. The Morgan fingerprint density at radius 3 is 1.09 bits per heavy atom. The molecule has 0 saturated carbocycles. The van der Waals surface area contributed by atoms with Crippen molar-refractivity contribution < 1.29 is 4.74 Å². The lowest BCUT2D eigenvalue weighted by atomic mass is 9.65. The molecule has 14 aromatic rings.